The van der Waals surface area contributed by atoms with Crippen LogP contribution in [0.5, 0.6) is 0 Å². The van der Waals surface area contributed by atoms with Crippen molar-refractivity contribution in [3.8, 4) is 0 Å². The lowest BCUT2D eigenvalue weighted by molar-refractivity contribution is 0.545. The normalized spacial score (nSPS) is 12.7. The molecular weight excluding hydrogens is 236 g/mol. The van der Waals surface area contributed by atoms with Crippen molar-refractivity contribution in [1.82, 2.24) is 15.5 Å². The van der Waals surface area contributed by atoms with E-state index in [1.807, 2.05) is 13.8 Å². The van der Waals surface area contributed by atoms with Gasteiger partial charge in [0.15, 0.2) is 0 Å². The second-order valence-corrected chi connectivity index (χ2v) is 4.33. The standard InChI is InChI=1S/C13H15F2N3/c1-8(10-3-12(14)5-13(15)4-10)16-6-11-7-17-18-9(11)2/h3-5,7-8,16H,6H2,1-2H3,(H,17,18). The van der Waals surface area contributed by atoms with Gasteiger partial charge in [0.05, 0.1) is 6.20 Å². The van der Waals surface area contributed by atoms with E-state index in [1.165, 1.54) is 12.1 Å². The van der Waals surface area contributed by atoms with Crippen LogP contribution in [-0.4, -0.2) is 10.2 Å². The molecule has 1 aromatic heterocycles. The first-order valence-corrected chi connectivity index (χ1v) is 5.74. The molecule has 1 aromatic carbocycles. The predicted molar refractivity (Wildman–Crippen MR) is 64.9 cm³/mol. The molecule has 0 radical (unpaired) electrons. The molecular formula is C13H15F2N3. The van der Waals surface area contributed by atoms with Crippen LogP contribution in [-0.2, 0) is 6.54 Å². The van der Waals surface area contributed by atoms with Crippen LogP contribution in [0.3, 0.4) is 0 Å². The maximum absolute atomic E-state index is 13.1. The predicted octanol–water partition coefficient (Wildman–Crippen LogP) is 2.85. The SMILES string of the molecule is Cc1[nH]ncc1CNC(C)c1cc(F)cc(F)c1. The molecule has 0 saturated carbocycles. The van der Waals surface area contributed by atoms with Gasteiger partial charge >= 0.3 is 0 Å². The van der Waals surface area contributed by atoms with Crippen molar-refractivity contribution in [1.29, 1.82) is 0 Å². The van der Waals surface area contributed by atoms with Crippen LogP contribution in [0.4, 0.5) is 8.78 Å². The fourth-order valence-electron chi connectivity index (χ4n) is 1.76. The van der Waals surface area contributed by atoms with Crippen LogP contribution in [0.25, 0.3) is 0 Å². The lowest BCUT2D eigenvalue weighted by atomic mass is 10.1. The number of aromatic amines is 1. The molecule has 0 spiro atoms. The number of nitrogens with one attached hydrogen (secondary N) is 2. The van der Waals surface area contributed by atoms with E-state index in [-0.39, 0.29) is 6.04 Å². The lowest BCUT2D eigenvalue weighted by Gasteiger charge is -2.14. The van der Waals surface area contributed by atoms with Crippen LogP contribution < -0.4 is 5.32 Å². The lowest BCUT2D eigenvalue weighted by Crippen LogP contribution is -2.18. The van der Waals surface area contributed by atoms with Crippen LogP contribution in [0, 0.1) is 18.6 Å². The van der Waals surface area contributed by atoms with E-state index in [2.05, 4.69) is 15.5 Å². The number of H-pyrrole nitrogens is 1. The number of hydrogen-bond donors (Lipinski definition) is 2. The van der Waals surface area contributed by atoms with Gasteiger partial charge in [-0.25, -0.2) is 8.78 Å². The fraction of sp³-hybridized carbons (Fsp3) is 0.308. The minimum absolute atomic E-state index is 0.135. The molecule has 0 saturated heterocycles. The monoisotopic (exact) mass is 251 g/mol. The molecule has 18 heavy (non-hydrogen) atoms. The largest absolute Gasteiger partial charge is 0.306 e. The Bertz CT molecular complexity index is 517. The average molecular weight is 251 g/mol. The van der Waals surface area contributed by atoms with Crippen molar-refractivity contribution in [2.24, 2.45) is 0 Å². The third-order valence-corrected chi connectivity index (χ3v) is 2.92. The highest BCUT2D eigenvalue weighted by Crippen LogP contribution is 2.16. The highest BCUT2D eigenvalue weighted by Gasteiger charge is 2.09. The number of aromatic nitrogens is 2. The van der Waals surface area contributed by atoms with Gasteiger partial charge in [-0.1, -0.05) is 0 Å². The molecule has 2 rings (SSSR count). The summed E-state index contributed by atoms with van der Waals surface area (Å²) in [5.74, 6) is -1.11. The summed E-state index contributed by atoms with van der Waals surface area (Å²) in [5, 5.41) is 9.96. The van der Waals surface area contributed by atoms with Crippen molar-refractivity contribution in [3.63, 3.8) is 0 Å². The van der Waals surface area contributed by atoms with E-state index in [1.54, 1.807) is 6.20 Å². The molecule has 2 N–H and O–H groups in total. The second kappa shape index (κ2) is 5.27. The molecule has 1 heterocycles. The Morgan fingerprint density at radius 1 is 1.28 bits per heavy atom. The van der Waals surface area contributed by atoms with Gasteiger partial charge < -0.3 is 5.32 Å². The van der Waals surface area contributed by atoms with Crippen molar-refractivity contribution >= 4 is 0 Å². The van der Waals surface area contributed by atoms with Gasteiger partial charge in [-0.2, -0.15) is 5.10 Å². The molecule has 0 amide bonds. The first kappa shape index (κ1) is 12.7. The van der Waals surface area contributed by atoms with Gasteiger partial charge in [0, 0.05) is 29.9 Å². The Morgan fingerprint density at radius 3 is 2.50 bits per heavy atom. The van der Waals surface area contributed by atoms with Crippen LogP contribution in [0.15, 0.2) is 24.4 Å². The molecule has 0 fully saturated rings. The van der Waals surface area contributed by atoms with Crippen LogP contribution in [0.1, 0.15) is 29.8 Å². The number of hydrogen-bond acceptors (Lipinski definition) is 2. The average Bonchev–Trinajstić information content (AvgIpc) is 2.70. The summed E-state index contributed by atoms with van der Waals surface area (Å²) in [6, 6.07) is 3.41. The van der Waals surface area contributed by atoms with Gasteiger partial charge in [-0.3, -0.25) is 5.10 Å². The van der Waals surface area contributed by atoms with E-state index < -0.39 is 11.6 Å². The molecule has 0 aliphatic heterocycles. The summed E-state index contributed by atoms with van der Waals surface area (Å²) in [7, 11) is 0. The fourth-order valence-corrected chi connectivity index (χ4v) is 1.76. The van der Waals surface area contributed by atoms with Crippen molar-refractivity contribution in [2.45, 2.75) is 26.4 Å². The summed E-state index contributed by atoms with van der Waals surface area (Å²) in [6.07, 6.45) is 1.74. The molecule has 1 atom stereocenters. The molecule has 2 aromatic rings. The molecule has 5 heteroatoms. The zero-order chi connectivity index (χ0) is 13.1. The third-order valence-electron chi connectivity index (χ3n) is 2.92. The summed E-state index contributed by atoms with van der Waals surface area (Å²) in [4.78, 5) is 0. The van der Waals surface area contributed by atoms with Gasteiger partial charge in [0.2, 0.25) is 0 Å². The second-order valence-electron chi connectivity index (χ2n) is 4.33. The van der Waals surface area contributed by atoms with Gasteiger partial charge in [-0.15, -0.1) is 0 Å². The number of aryl methyl sites for hydroxylation is 1. The number of halogens is 2. The summed E-state index contributed by atoms with van der Waals surface area (Å²) < 4.78 is 26.2. The minimum Gasteiger partial charge on any atom is -0.306 e. The van der Waals surface area contributed by atoms with Gasteiger partial charge in [0.1, 0.15) is 11.6 Å². The topological polar surface area (TPSA) is 40.7 Å². The van der Waals surface area contributed by atoms with E-state index in [4.69, 9.17) is 0 Å². The molecule has 3 nitrogen and oxygen atoms in total. The number of benzene rings is 1. The zero-order valence-electron chi connectivity index (χ0n) is 10.3. The van der Waals surface area contributed by atoms with Crippen molar-refractivity contribution in [2.75, 3.05) is 0 Å². The first-order chi connectivity index (χ1) is 8.56. The smallest absolute Gasteiger partial charge is 0.126 e. The third kappa shape index (κ3) is 2.92. The van der Waals surface area contributed by atoms with E-state index in [9.17, 15) is 8.78 Å². The van der Waals surface area contributed by atoms with Crippen LogP contribution in [0.2, 0.25) is 0 Å². The van der Waals surface area contributed by atoms with E-state index >= 15 is 0 Å². The molecule has 96 valence electrons. The maximum atomic E-state index is 13.1. The Kier molecular flexibility index (Phi) is 3.72. The van der Waals surface area contributed by atoms with E-state index in [0.717, 1.165) is 17.3 Å². The Labute approximate surface area is 104 Å². The highest BCUT2D eigenvalue weighted by molar-refractivity contribution is 5.21. The maximum Gasteiger partial charge on any atom is 0.126 e. The molecule has 0 aliphatic rings. The zero-order valence-corrected chi connectivity index (χ0v) is 10.3. The number of rotatable bonds is 4. The summed E-state index contributed by atoms with van der Waals surface area (Å²) >= 11 is 0. The van der Waals surface area contributed by atoms with Crippen molar-refractivity contribution < 1.29 is 8.78 Å². The van der Waals surface area contributed by atoms with Crippen molar-refractivity contribution in [3.05, 3.63) is 52.9 Å². The summed E-state index contributed by atoms with van der Waals surface area (Å²) in [5.41, 5.74) is 2.62. The van der Waals surface area contributed by atoms with Gasteiger partial charge in [-0.05, 0) is 31.5 Å². The molecule has 0 aliphatic carbocycles. The molecule has 1 unspecified atom stereocenters. The Balaban J connectivity index is 2.03. The van der Waals surface area contributed by atoms with E-state index in [0.29, 0.717) is 12.1 Å². The Morgan fingerprint density at radius 2 is 1.94 bits per heavy atom. The molecule has 0 bridgehead atoms. The minimum atomic E-state index is -0.557. The van der Waals surface area contributed by atoms with Gasteiger partial charge in [0.25, 0.3) is 0 Å². The highest BCUT2D eigenvalue weighted by atomic mass is 19.1. The summed E-state index contributed by atoms with van der Waals surface area (Å²) in [6.45, 7) is 4.39. The Hall–Kier alpha value is -1.75. The quantitative estimate of drug-likeness (QED) is 0.877. The first-order valence-electron chi connectivity index (χ1n) is 5.74. The number of nitrogens with zero attached hydrogens (tertiary/aromatic N) is 1. The van der Waals surface area contributed by atoms with Crippen LogP contribution >= 0.6 is 0 Å².